The first-order valence-corrected chi connectivity index (χ1v) is 9.08. The fourth-order valence-electron chi connectivity index (χ4n) is 3.11. The molecule has 0 aliphatic carbocycles. The number of aromatic amines is 1. The van der Waals surface area contributed by atoms with E-state index in [-0.39, 0.29) is 45.5 Å². The molecule has 0 saturated heterocycles. The van der Waals surface area contributed by atoms with E-state index in [9.17, 15) is 27.5 Å². The van der Waals surface area contributed by atoms with Gasteiger partial charge in [-0.1, -0.05) is 23.7 Å². The number of amides is 1. The molecule has 5 nitrogen and oxygen atoms in total. The van der Waals surface area contributed by atoms with Crippen LogP contribution in [-0.2, 0) is 13.0 Å². The topological polar surface area (TPSA) is 78.0 Å². The normalized spacial score (nSPS) is 11.5. The molecule has 2 aromatic heterocycles. The molecule has 0 spiro atoms. The van der Waals surface area contributed by atoms with Gasteiger partial charge >= 0.3 is 6.18 Å². The molecule has 0 atom stereocenters. The average molecular weight is 442 g/mol. The molecule has 3 N–H and O–H groups in total. The first-order valence-electron chi connectivity index (χ1n) is 8.71. The van der Waals surface area contributed by atoms with Gasteiger partial charge in [-0.3, -0.25) is 4.79 Å². The highest BCUT2D eigenvalue weighted by molar-refractivity contribution is 6.29. The summed E-state index contributed by atoms with van der Waals surface area (Å²) in [5, 5.41) is 12.6. The molecule has 0 saturated carbocycles. The maximum absolute atomic E-state index is 13.3. The maximum atomic E-state index is 13.3. The van der Waals surface area contributed by atoms with Gasteiger partial charge in [0.15, 0.2) is 0 Å². The van der Waals surface area contributed by atoms with E-state index in [1.807, 2.05) is 0 Å². The van der Waals surface area contributed by atoms with Gasteiger partial charge in [0, 0.05) is 23.4 Å². The van der Waals surface area contributed by atoms with Crippen LogP contribution in [0.25, 0.3) is 11.1 Å². The second kappa shape index (κ2) is 8.35. The molecule has 30 heavy (non-hydrogen) atoms. The fourth-order valence-corrected chi connectivity index (χ4v) is 3.27. The number of nitrogens with zero attached hydrogens (tertiary/aromatic N) is 1. The molecule has 0 radical (unpaired) electrons. The zero-order valence-corrected chi connectivity index (χ0v) is 16.3. The molecule has 0 aliphatic heterocycles. The molecule has 0 aliphatic rings. The van der Waals surface area contributed by atoms with Crippen molar-refractivity contribution in [3.05, 3.63) is 70.0 Å². The van der Waals surface area contributed by atoms with E-state index < -0.39 is 24.3 Å². The van der Waals surface area contributed by atoms with Crippen LogP contribution in [0.1, 0.15) is 27.3 Å². The lowest BCUT2D eigenvalue weighted by Gasteiger charge is -2.12. The largest absolute Gasteiger partial charge is 0.506 e. The zero-order valence-electron chi connectivity index (χ0n) is 15.6. The number of carbonyl (C=O) groups excluding carboxylic acids is 1. The highest BCUT2D eigenvalue weighted by Gasteiger charge is 2.34. The van der Waals surface area contributed by atoms with Gasteiger partial charge in [0.25, 0.3) is 5.91 Å². The number of nitrogens with one attached hydrogen (secondary N) is 2. The van der Waals surface area contributed by atoms with Crippen molar-refractivity contribution in [1.29, 1.82) is 0 Å². The van der Waals surface area contributed by atoms with Crippen LogP contribution < -0.4 is 5.32 Å². The van der Waals surface area contributed by atoms with Crippen LogP contribution in [0.4, 0.5) is 17.6 Å². The van der Waals surface area contributed by atoms with E-state index in [4.69, 9.17) is 11.6 Å². The number of aromatic nitrogens is 2. The third kappa shape index (κ3) is 4.91. The summed E-state index contributed by atoms with van der Waals surface area (Å²) in [5.41, 5.74) is 0.271. The fraction of sp³-hybridized carbons (Fsp3) is 0.200. The van der Waals surface area contributed by atoms with Crippen molar-refractivity contribution < 1.29 is 27.5 Å². The van der Waals surface area contributed by atoms with Crippen molar-refractivity contribution >= 4 is 17.5 Å². The number of aryl methyl sites for hydroxylation is 1. The van der Waals surface area contributed by atoms with Gasteiger partial charge in [-0.25, -0.2) is 9.37 Å². The van der Waals surface area contributed by atoms with Crippen molar-refractivity contribution in [2.45, 2.75) is 26.1 Å². The smallest absolute Gasteiger partial charge is 0.393 e. The van der Waals surface area contributed by atoms with E-state index >= 15 is 0 Å². The second-order valence-electron chi connectivity index (χ2n) is 6.60. The standard InChI is InChI=1S/C20H16ClF4N3O2/c1-10-17(13-6-16(21)26-9-15(13)29)14(7-20(23,24)25)18(28-10)19(30)27-8-11-2-4-12(22)5-3-11/h2-6,9,28-29H,7-8H2,1H3,(H,27,30). The number of carbonyl (C=O) groups is 1. The third-order valence-electron chi connectivity index (χ3n) is 4.38. The molecule has 3 aromatic rings. The van der Waals surface area contributed by atoms with Crippen molar-refractivity contribution in [2.24, 2.45) is 0 Å². The highest BCUT2D eigenvalue weighted by atomic mass is 35.5. The Balaban J connectivity index is 2.00. The Labute approximate surface area is 173 Å². The predicted molar refractivity (Wildman–Crippen MR) is 103 cm³/mol. The second-order valence-corrected chi connectivity index (χ2v) is 6.99. The van der Waals surface area contributed by atoms with Crippen molar-refractivity contribution in [3.8, 4) is 16.9 Å². The van der Waals surface area contributed by atoms with Crippen LogP contribution in [0.2, 0.25) is 5.15 Å². The SMILES string of the molecule is Cc1[nH]c(C(=O)NCc2ccc(F)cc2)c(CC(F)(F)F)c1-c1cc(Cl)ncc1O. The predicted octanol–water partition coefficient (Wildman–Crippen LogP) is 4.92. The van der Waals surface area contributed by atoms with Crippen LogP contribution in [0.3, 0.4) is 0 Å². The van der Waals surface area contributed by atoms with Gasteiger partial charge in [0.2, 0.25) is 0 Å². The number of alkyl halides is 3. The minimum atomic E-state index is -4.61. The molecule has 0 unspecified atom stereocenters. The van der Waals surface area contributed by atoms with Crippen LogP contribution in [-0.4, -0.2) is 27.2 Å². The Bertz CT molecular complexity index is 1080. The minimum absolute atomic E-state index is 0.00962. The molecule has 1 aromatic carbocycles. The maximum Gasteiger partial charge on any atom is 0.393 e. The lowest BCUT2D eigenvalue weighted by molar-refractivity contribution is -0.127. The number of halogens is 5. The number of H-pyrrole nitrogens is 1. The number of rotatable bonds is 5. The first-order chi connectivity index (χ1) is 14.0. The van der Waals surface area contributed by atoms with E-state index in [1.54, 1.807) is 0 Å². The Hall–Kier alpha value is -3.07. The quantitative estimate of drug-likeness (QED) is 0.388. The molecular formula is C20H16ClF4N3O2. The summed E-state index contributed by atoms with van der Waals surface area (Å²) in [5.74, 6) is -1.59. The number of pyridine rings is 1. The van der Waals surface area contributed by atoms with Gasteiger partial charge in [-0.05, 0) is 36.2 Å². The zero-order chi connectivity index (χ0) is 22.1. The molecule has 10 heteroatoms. The Kier molecular flexibility index (Phi) is 6.02. The van der Waals surface area contributed by atoms with Crippen molar-refractivity contribution in [1.82, 2.24) is 15.3 Å². The summed E-state index contributed by atoms with van der Waals surface area (Å²) in [6.07, 6.45) is -4.98. The monoisotopic (exact) mass is 441 g/mol. The minimum Gasteiger partial charge on any atom is -0.506 e. The summed E-state index contributed by atoms with van der Waals surface area (Å²) in [6, 6.07) is 6.56. The molecule has 2 heterocycles. The van der Waals surface area contributed by atoms with E-state index in [0.29, 0.717) is 5.56 Å². The van der Waals surface area contributed by atoms with Crippen LogP contribution in [0.5, 0.6) is 5.75 Å². The van der Waals surface area contributed by atoms with Crippen LogP contribution in [0.15, 0.2) is 36.5 Å². The Morgan fingerprint density at radius 2 is 1.93 bits per heavy atom. The molecule has 3 rings (SSSR count). The van der Waals surface area contributed by atoms with Crippen molar-refractivity contribution in [2.75, 3.05) is 0 Å². The average Bonchev–Trinajstić information content (AvgIpc) is 2.97. The molecule has 0 bridgehead atoms. The van der Waals surface area contributed by atoms with Gasteiger partial charge in [0.1, 0.15) is 22.4 Å². The van der Waals surface area contributed by atoms with Crippen molar-refractivity contribution in [3.63, 3.8) is 0 Å². The number of hydrogen-bond acceptors (Lipinski definition) is 3. The van der Waals surface area contributed by atoms with Gasteiger partial charge in [-0.2, -0.15) is 13.2 Å². The lowest BCUT2D eigenvalue weighted by Crippen LogP contribution is -2.25. The van der Waals surface area contributed by atoms with Gasteiger partial charge < -0.3 is 15.4 Å². The van der Waals surface area contributed by atoms with E-state index in [1.165, 1.54) is 37.3 Å². The molecule has 1 amide bonds. The number of benzene rings is 1. The van der Waals surface area contributed by atoms with Crippen LogP contribution in [0, 0.1) is 12.7 Å². The molecule has 0 fully saturated rings. The highest BCUT2D eigenvalue weighted by Crippen LogP contribution is 2.39. The number of aromatic hydroxyl groups is 1. The molecule has 158 valence electrons. The Morgan fingerprint density at radius 3 is 2.57 bits per heavy atom. The number of hydrogen-bond donors (Lipinski definition) is 3. The summed E-state index contributed by atoms with van der Waals surface area (Å²) in [4.78, 5) is 19.0. The first kappa shape index (κ1) is 21.6. The van der Waals surface area contributed by atoms with Crippen LogP contribution >= 0.6 is 11.6 Å². The molecular weight excluding hydrogens is 426 g/mol. The van der Waals surface area contributed by atoms with E-state index in [2.05, 4.69) is 15.3 Å². The Morgan fingerprint density at radius 1 is 1.27 bits per heavy atom. The van der Waals surface area contributed by atoms with Gasteiger partial charge in [0.05, 0.1) is 12.6 Å². The summed E-state index contributed by atoms with van der Waals surface area (Å²) < 4.78 is 52.8. The van der Waals surface area contributed by atoms with Gasteiger partial charge in [-0.15, -0.1) is 0 Å². The summed E-state index contributed by atoms with van der Waals surface area (Å²) in [7, 11) is 0. The summed E-state index contributed by atoms with van der Waals surface area (Å²) in [6.45, 7) is 1.48. The lowest BCUT2D eigenvalue weighted by atomic mass is 9.98. The summed E-state index contributed by atoms with van der Waals surface area (Å²) >= 11 is 5.84. The van der Waals surface area contributed by atoms with E-state index in [0.717, 1.165) is 6.20 Å². The third-order valence-corrected chi connectivity index (χ3v) is 4.59.